The summed E-state index contributed by atoms with van der Waals surface area (Å²) >= 11 is 11.4. The Morgan fingerprint density at radius 3 is 2.40 bits per heavy atom. The van der Waals surface area contributed by atoms with Crippen LogP contribution < -0.4 is 0 Å². The fraction of sp³-hybridized carbons (Fsp3) is 0.250. The molecule has 0 saturated carbocycles. The standard InChI is InChI=1S/C8H10Cl2/c1-3-5-7(9)8(10)6-4-2/h3,5-6H,1,4H2,2H3/b7-5+,8-6+. The van der Waals surface area contributed by atoms with E-state index in [4.69, 9.17) is 23.2 Å². The molecule has 0 aliphatic heterocycles. The van der Waals surface area contributed by atoms with Gasteiger partial charge in [-0.05, 0) is 12.5 Å². The lowest BCUT2D eigenvalue weighted by molar-refractivity contribution is 1.22. The van der Waals surface area contributed by atoms with Gasteiger partial charge in [-0.25, -0.2) is 0 Å². The van der Waals surface area contributed by atoms with Crippen molar-refractivity contribution in [2.45, 2.75) is 13.3 Å². The molecule has 0 spiro atoms. The summed E-state index contributed by atoms with van der Waals surface area (Å²) in [5.74, 6) is 0. The van der Waals surface area contributed by atoms with Crippen molar-refractivity contribution in [1.29, 1.82) is 0 Å². The minimum atomic E-state index is 0.540. The Hall–Kier alpha value is -0.200. The molecule has 0 amide bonds. The molecule has 0 aromatic heterocycles. The summed E-state index contributed by atoms with van der Waals surface area (Å²) < 4.78 is 0. The molecule has 0 heterocycles. The largest absolute Gasteiger partial charge is 0.0990 e. The number of halogens is 2. The minimum absolute atomic E-state index is 0.540. The zero-order valence-corrected chi connectivity index (χ0v) is 7.41. The van der Waals surface area contributed by atoms with E-state index >= 15 is 0 Å². The van der Waals surface area contributed by atoms with Crippen LogP contribution in [-0.4, -0.2) is 0 Å². The van der Waals surface area contributed by atoms with Crippen LogP contribution in [0.5, 0.6) is 0 Å². The van der Waals surface area contributed by atoms with Crippen LogP contribution in [0, 0.1) is 0 Å². The van der Waals surface area contributed by atoms with Gasteiger partial charge in [0, 0.05) is 0 Å². The van der Waals surface area contributed by atoms with E-state index in [0.29, 0.717) is 10.1 Å². The lowest BCUT2D eigenvalue weighted by atomic mass is 10.4. The molecule has 0 aliphatic rings. The lowest BCUT2D eigenvalue weighted by Crippen LogP contribution is -1.70. The first-order chi connectivity index (χ1) is 4.72. The molecule has 10 heavy (non-hydrogen) atoms. The minimum Gasteiger partial charge on any atom is -0.0990 e. The van der Waals surface area contributed by atoms with Crippen LogP contribution in [0.2, 0.25) is 0 Å². The van der Waals surface area contributed by atoms with Crippen molar-refractivity contribution in [3.05, 3.63) is 34.9 Å². The summed E-state index contributed by atoms with van der Waals surface area (Å²) in [6.45, 7) is 5.50. The molecule has 0 bridgehead atoms. The fourth-order valence-corrected chi connectivity index (χ4v) is 0.843. The third-order valence-corrected chi connectivity index (χ3v) is 1.66. The zero-order valence-electron chi connectivity index (χ0n) is 5.90. The summed E-state index contributed by atoms with van der Waals surface area (Å²) in [5.41, 5.74) is 0. The molecular formula is C8H10Cl2. The molecule has 0 fully saturated rings. The van der Waals surface area contributed by atoms with Crippen molar-refractivity contribution in [1.82, 2.24) is 0 Å². The first kappa shape index (κ1) is 9.80. The van der Waals surface area contributed by atoms with Crippen molar-refractivity contribution in [3.8, 4) is 0 Å². The topological polar surface area (TPSA) is 0 Å². The van der Waals surface area contributed by atoms with Crippen molar-refractivity contribution in [2.24, 2.45) is 0 Å². The van der Waals surface area contributed by atoms with Crippen molar-refractivity contribution < 1.29 is 0 Å². The third-order valence-electron chi connectivity index (χ3n) is 0.876. The van der Waals surface area contributed by atoms with Gasteiger partial charge < -0.3 is 0 Å². The second kappa shape index (κ2) is 5.57. The zero-order chi connectivity index (χ0) is 7.98. The third kappa shape index (κ3) is 3.76. The van der Waals surface area contributed by atoms with Gasteiger partial charge in [0.25, 0.3) is 0 Å². The van der Waals surface area contributed by atoms with Crippen LogP contribution in [0.1, 0.15) is 13.3 Å². The molecule has 0 atom stereocenters. The van der Waals surface area contributed by atoms with Gasteiger partial charge in [-0.1, -0.05) is 48.9 Å². The highest BCUT2D eigenvalue weighted by Crippen LogP contribution is 2.18. The van der Waals surface area contributed by atoms with E-state index in [2.05, 4.69) is 6.58 Å². The van der Waals surface area contributed by atoms with Crippen LogP contribution in [0.4, 0.5) is 0 Å². The second-order valence-corrected chi connectivity index (χ2v) is 2.53. The first-order valence-corrected chi connectivity index (χ1v) is 3.82. The van der Waals surface area contributed by atoms with E-state index < -0.39 is 0 Å². The van der Waals surface area contributed by atoms with Gasteiger partial charge in [-0.3, -0.25) is 0 Å². The molecule has 0 aromatic rings. The van der Waals surface area contributed by atoms with E-state index in [1.54, 1.807) is 12.2 Å². The Balaban J connectivity index is 4.19. The molecule has 0 unspecified atom stereocenters. The summed E-state index contributed by atoms with van der Waals surface area (Å²) in [6.07, 6.45) is 6.01. The van der Waals surface area contributed by atoms with Crippen molar-refractivity contribution in [3.63, 3.8) is 0 Å². The van der Waals surface area contributed by atoms with Crippen LogP contribution in [0.3, 0.4) is 0 Å². The Labute approximate surface area is 71.8 Å². The Morgan fingerprint density at radius 1 is 1.40 bits per heavy atom. The molecule has 0 aromatic carbocycles. The monoisotopic (exact) mass is 176 g/mol. The predicted molar refractivity (Wildman–Crippen MR) is 48.4 cm³/mol. The Bertz CT molecular complexity index is 166. The van der Waals surface area contributed by atoms with Gasteiger partial charge in [0.1, 0.15) is 0 Å². The average Bonchev–Trinajstić information content (AvgIpc) is 1.89. The molecule has 0 aliphatic carbocycles. The summed E-state index contributed by atoms with van der Waals surface area (Å²) in [5, 5.41) is 1.13. The molecule has 0 saturated heterocycles. The van der Waals surface area contributed by atoms with E-state index in [0.717, 1.165) is 6.42 Å². The van der Waals surface area contributed by atoms with E-state index in [-0.39, 0.29) is 0 Å². The quantitative estimate of drug-likeness (QED) is 0.574. The molecule has 0 nitrogen and oxygen atoms in total. The molecule has 0 radical (unpaired) electrons. The first-order valence-electron chi connectivity index (χ1n) is 3.06. The summed E-state index contributed by atoms with van der Waals surface area (Å²) in [6, 6.07) is 0. The molecular weight excluding hydrogens is 167 g/mol. The maximum atomic E-state index is 5.72. The summed E-state index contributed by atoms with van der Waals surface area (Å²) in [7, 11) is 0. The highest BCUT2D eigenvalue weighted by Gasteiger charge is 1.93. The van der Waals surface area contributed by atoms with E-state index in [1.165, 1.54) is 0 Å². The molecule has 56 valence electrons. The van der Waals surface area contributed by atoms with Crippen LogP contribution in [-0.2, 0) is 0 Å². The van der Waals surface area contributed by atoms with E-state index in [1.807, 2.05) is 13.0 Å². The van der Waals surface area contributed by atoms with Crippen LogP contribution in [0.25, 0.3) is 0 Å². The lowest BCUT2D eigenvalue weighted by Gasteiger charge is -1.92. The highest BCUT2D eigenvalue weighted by atomic mass is 35.5. The highest BCUT2D eigenvalue weighted by molar-refractivity contribution is 6.43. The Morgan fingerprint density at radius 2 is 2.00 bits per heavy atom. The smallest absolute Gasteiger partial charge is 0.0588 e. The summed E-state index contributed by atoms with van der Waals surface area (Å²) in [4.78, 5) is 0. The van der Waals surface area contributed by atoms with Crippen LogP contribution >= 0.6 is 23.2 Å². The van der Waals surface area contributed by atoms with Gasteiger partial charge >= 0.3 is 0 Å². The van der Waals surface area contributed by atoms with Gasteiger partial charge in [0.15, 0.2) is 0 Å². The van der Waals surface area contributed by atoms with Crippen molar-refractivity contribution >= 4 is 23.2 Å². The number of hydrogen-bond acceptors (Lipinski definition) is 0. The maximum Gasteiger partial charge on any atom is 0.0588 e. The molecule has 0 rings (SSSR count). The second-order valence-electron chi connectivity index (χ2n) is 1.71. The predicted octanol–water partition coefficient (Wildman–Crippen LogP) is 3.83. The molecule has 2 heteroatoms. The van der Waals surface area contributed by atoms with E-state index in [9.17, 15) is 0 Å². The van der Waals surface area contributed by atoms with Gasteiger partial charge in [-0.15, -0.1) is 0 Å². The Kier molecular flexibility index (Phi) is 5.46. The maximum absolute atomic E-state index is 5.72. The fourth-order valence-electron chi connectivity index (χ4n) is 0.460. The average molecular weight is 177 g/mol. The van der Waals surface area contributed by atoms with Gasteiger partial charge in [0.2, 0.25) is 0 Å². The number of allylic oxidation sites excluding steroid dienone is 5. The van der Waals surface area contributed by atoms with Crippen LogP contribution in [0.15, 0.2) is 34.9 Å². The van der Waals surface area contributed by atoms with Crippen molar-refractivity contribution in [2.75, 3.05) is 0 Å². The SMILES string of the molecule is C=C/C=C(Cl)\C(Cl)=C/CC. The number of rotatable bonds is 3. The van der Waals surface area contributed by atoms with Gasteiger partial charge in [0.05, 0.1) is 10.1 Å². The normalized spacial score (nSPS) is 13.5. The number of hydrogen-bond donors (Lipinski definition) is 0. The molecule has 0 N–H and O–H groups in total. The van der Waals surface area contributed by atoms with Gasteiger partial charge in [-0.2, -0.15) is 0 Å².